The van der Waals surface area contributed by atoms with Gasteiger partial charge in [-0.3, -0.25) is 14.2 Å². The van der Waals surface area contributed by atoms with E-state index in [1.165, 1.54) is 13.1 Å². The monoisotopic (exact) mass is 778 g/mol. The number of nitrogens with zero attached hydrogens (tertiary/aromatic N) is 5. The van der Waals surface area contributed by atoms with Gasteiger partial charge in [0.05, 0.1) is 17.4 Å². The number of alkyl halides is 3. The number of hydrogen-bond acceptors (Lipinski definition) is 10. The average molecular weight is 779 g/mol. The van der Waals surface area contributed by atoms with Gasteiger partial charge in [-0.05, 0) is 48.9 Å². The van der Waals surface area contributed by atoms with E-state index in [9.17, 15) is 26.4 Å². The van der Waals surface area contributed by atoms with E-state index >= 15 is 0 Å². The standard InChI is InChI=1S/C28H28F3N5O3.C10H9NO4S/c1-34-24-15-23(39-26-9-5-21(32)16-33-26)8-4-20(24)14-25(34)27(37)36-12-10-35(11-13-36)17-19-2-6-22(7-3-19)38-18-28(29,30)31;1-7-10(16(12,13)14)9(11-15-7)8-5-3-2-4-6-8/h2-9,14-16H,10-13,17-18,32H2,1H3;2-6H,1H3,(H,12,13,14). The van der Waals surface area contributed by atoms with E-state index in [0.717, 1.165) is 16.5 Å². The lowest BCUT2D eigenvalue weighted by Crippen LogP contribution is -2.48. The number of fused-ring (bicyclic) bond motifs is 1. The van der Waals surface area contributed by atoms with E-state index in [2.05, 4.69) is 15.0 Å². The number of piperazine rings is 1. The molecule has 0 saturated carbocycles. The van der Waals surface area contributed by atoms with Crippen molar-refractivity contribution in [2.45, 2.75) is 24.5 Å². The fraction of sp³-hybridized carbons (Fsp3) is 0.237. The van der Waals surface area contributed by atoms with Crippen LogP contribution in [0.3, 0.4) is 0 Å². The zero-order chi connectivity index (χ0) is 39.3. The van der Waals surface area contributed by atoms with Crippen LogP contribution >= 0.6 is 0 Å². The van der Waals surface area contributed by atoms with Crippen molar-refractivity contribution in [3.8, 4) is 28.6 Å². The molecule has 0 aliphatic carbocycles. The Morgan fingerprint density at radius 2 is 1.64 bits per heavy atom. The number of hydrogen-bond donors (Lipinski definition) is 2. The van der Waals surface area contributed by atoms with E-state index in [1.54, 1.807) is 66.7 Å². The molecule has 1 aliphatic rings. The van der Waals surface area contributed by atoms with Gasteiger partial charge in [0.15, 0.2) is 17.3 Å². The van der Waals surface area contributed by atoms with E-state index < -0.39 is 22.9 Å². The molecule has 288 valence electrons. The summed E-state index contributed by atoms with van der Waals surface area (Å²) in [5.41, 5.74) is 9.36. The topological polar surface area (TPSA) is 166 Å². The van der Waals surface area contributed by atoms with Crippen LogP contribution in [0, 0.1) is 6.92 Å². The van der Waals surface area contributed by atoms with E-state index in [4.69, 9.17) is 24.3 Å². The smallest absolute Gasteiger partial charge is 0.422 e. The molecule has 13 nitrogen and oxygen atoms in total. The predicted molar refractivity (Wildman–Crippen MR) is 197 cm³/mol. The maximum atomic E-state index is 13.4. The molecule has 4 heterocycles. The number of nitrogens with two attached hydrogens (primary N) is 1. The maximum Gasteiger partial charge on any atom is 0.422 e. The highest BCUT2D eigenvalue weighted by atomic mass is 32.2. The van der Waals surface area contributed by atoms with Crippen LogP contribution in [0.2, 0.25) is 0 Å². The quantitative estimate of drug-likeness (QED) is 0.149. The lowest BCUT2D eigenvalue weighted by atomic mass is 10.1. The lowest BCUT2D eigenvalue weighted by molar-refractivity contribution is -0.153. The van der Waals surface area contributed by atoms with Crippen molar-refractivity contribution in [3.63, 3.8) is 0 Å². The number of carbonyl (C=O) groups excluding carboxylic acids is 1. The van der Waals surface area contributed by atoms with Crippen LogP contribution in [0.25, 0.3) is 22.2 Å². The fourth-order valence-corrected chi connectivity index (χ4v) is 6.78. The van der Waals surface area contributed by atoms with E-state index in [-0.39, 0.29) is 28.0 Å². The summed E-state index contributed by atoms with van der Waals surface area (Å²) >= 11 is 0. The Hall–Kier alpha value is -5.91. The van der Waals surface area contributed by atoms with Crippen LogP contribution in [0.5, 0.6) is 17.4 Å². The molecule has 0 unspecified atom stereocenters. The van der Waals surface area contributed by atoms with Crippen LogP contribution in [0.1, 0.15) is 21.8 Å². The van der Waals surface area contributed by atoms with Gasteiger partial charge in [-0.1, -0.05) is 47.6 Å². The summed E-state index contributed by atoms with van der Waals surface area (Å²) in [6.45, 7) is 3.29. The predicted octanol–water partition coefficient (Wildman–Crippen LogP) is 6.74. The number of anilines is 1. The van der Waals surface area contributed by atoms with Crippen molar-refractivity contribution in [2.24, 2.45) is 7.05 Å². The molecule has 1 aliphatic heterocycles. The molecule has 55 heavy (non-hydrogen) atoms. The van der Waals surface area contributed by atoms with Crippen LogP contribution in [0.4, 0.5) is 18.9 Å². The van der Waals surface area contributed by atoms with Gasteiger partial charge in [-0.2, -0.15) is 21.6 Å². The molecule has 3 aromatic carbocycles. The number of nitrogen functional groups attached to an aromatic ring is 1. The van der Waals surface area contributed by atoms with Gasteiger partial charge >= 0.3 is 6.18 Å². The SMILES string of the molecule is Cc1onc(-c2ccccc2)c1S(=O)(=O)O.Cn1c(C(=O)N2CCN(Cc3ccc(OCC(F)(F)F)cc3)CC2)cc2ccc(Oc3ccc(N)cn3)cc21. The minimum absolute atomic E-state index is 0.0396. The third-order valence-corrected chi connectivity index (χ3v) is 9.72. The Bertz CT molecular complexity index is 2360. The van der Waals surface area contributed by atoms with Gasteiger partial charge in [0.2, 0.25) is 5.88 Å². The Kier molecular flexibility index (Phi) is 11.4. The van der Waals surface area contributed by atoms with Crippen molar-refractivity contribution >= 4 is 32.6 Å². The van der Waals surface area contributed by atoms with Crippen molar-refractivity contribution in [2.75, 3.05) is 38.5 Å². The maximum absolute atomic E-state index is 13.4. The number of aryl methyl sites for hydroxylation is 2. The van der Waals surface area contributed by atoms with Crippen LogP contribution in [0.15, 0.2) is 107 Å². The zero-order valence-electron chi connectivity index (χ0n) is 29.7. The minimum Gasteiger partial charge on any atom is -0.484 e. The zero-order valence-corrected chi connectivity index (χ0v) is 30.5. The van der Waals surface area contributed by atoms with E-state index in [0.29, 0.717) is 61.3 Å². The molecule has 0 spiro atoms. The first-order valence-electron chi connectivity index (χ1n) is 16.9. The number of rotatable bonds is 9. The Morgan fingerprint density at radius 3 is 2.27 bits per heavy atom. The highest BCUT2D eigenvalue weighted by Crippen LogP contribution is 2.30. The molecular formula is C38H37F3N6O7S. The largest absolute Gasteiger partial charge is 0.484 e. The molecule has 0 atom stereocenters. The van der Waals surface area contributed by atoms with Gasteiger partial charge in [-0.25, -0.2) is 4.98 Å². The first-order valence-corrected chi connectivity index (χ1v) is 18.4. The molecule has 1 amide bonds. The minimum atomic E-state index is -4.37. The number of carbonyl (C=O) groups is 1. The number of pyridine rings is 1. The molecule has 3 N–H and O–H groups in total. The molecule has 6 aromatic rings. The van der Waals surface area contributed by atoms with Crippen LogP contribution in [-0.2, 0) is 23.7 Å². The Labute approximate surface area is 314 Å². The third-order valence-electron chi connectivity index (χ3n) is 8.72. The lowest BCUT2D eigenvalue weighted by Gasteiger charge is -2.34. The van der Waals surface area contributed by atoms with Gasteiger partial charge in [-0.15, -0.1) is 0 Å². The molecular weight excluding hydrogens is 742 g/mol. The highest BCUT2D eigenvalue weighted by molar-refractivity contribution is 7.86. The molecule has 17 heteroatoms. The van der Waals surface area contributed by atoms with Crippen molar-refractivity contribution in [1.82, 2.24) is 24.5 Å². The van der Waals surface area contributed by atoms with Gasteiger partial charge in [0.1, 0.15) is 22.9 Å². The molecule has 1 fully saturated rings. The van der Waals surface area contributed by atoms with Crippen molar-refractivity contribution in [3.05, 3.63) is 114 Å². The van der Waals surface area contributed by atoms with Crippen LogP contribution in [-0.4, -0.2) is 82.3 Å². The number of halogens is 3. The normalized spacial score (nSPS) is 13.7. The molecule has 7 rings (SSSR count). The average Bonchev–Trinajstić information content (AvgIpc) is 3.72. The molecule has 0 radical (unpaired) electrons. The molecule has 3 aromatic heterocycles. The number of aromatic nitrogens is 3. The Morgan fingerprint density at radius 1 is 0.945 bits per heavy atom. The first-order chi connectivity index (χ1) is 26.1. The fourth-order valence-electron chi connectivity index (χ4n) is 5.98. The molecule has 1 saturated heterocycles. The summed E-state index contributed by atoms with van der Waals surface area (Å²) in [4.78, 5) is 21.3. The van der Waals surface area contributed by atoms with Crippen molar-refractivity contribution < 1.29 is 44.9 Å². The summed E-state index contributed by atoms with van der Waals surface area (Å²) < 4.78 is 85.7. The second-order valence-corrected chi connectivity index (χ2v) is 14.1. The summed E-state index contributed by atoms with van der Waals surface area (Å²) in [5.74, 6) is 1.25. The number of amides is 1. The highest BCUT2D eigenvalue weighted by Gasteiger charge is 2.29. The summed E-state index contributed by atoms with van der Waals surface area (Å²) in [7, 11) is -2.46. The second-order valence-electron chi connectivity index (χ2n) is 12.7. The third kappa shape index (κ3) is 9.80. The Balaban J connectivity index is 0.000000268. The van der Waals surface area contributed by atoms with Gasteiger partial charge < -0.3 is 29.2 Å². The second kappa shape index (κ2) is 16.2. The van der Waals surface area contributed by atoms with Gasteiger partial charge in [0.25, 0.3) is 16.0 Å². The van der Waals surface area contributed by atoms with Gasteiger partial charge in [0, 0.05) is 62.9 Å². The summed E-state index contributed by atoms with van der Waals surface area (Å²) in [5, 5.41) is 4.57. The first kappa shape index (κ1) is 38.8. The number of benzene rings is 3. The molecule has 0 bridgehead atoms. The van der Waals surface area contributed by atoms with Crippen molar-refractivity contribution in [1.29, 1.82) is 0 Å². The summed E-state index contributed by atoms with van der Waals surface area (Å²) in [6, 6.07) is 26.2. The summed E-state index contributed by atoms with van der Waals surface area (Å²) in [6.07, 6.45) is -2.84. The van der Waals surface area contributed by atoms with E-state index in [1.807, 2.05) is 40.8 Å². The van der Waals surface area contributed by atoms with Crippen LogP contribution < -0.4 is 15.2 Å². The number of ether oxygens (including phenoxy) is 2.